The SMILES string of the molecule is C/C=C(/CO)c1ccc(C(C)=O)cc1. The molecule has 0 bridgehead atoms. The van der Waals surface area contributed by atoms with Gasteiger partial charge in [-0.3, -0.25) is 4.79 Å². The maximum atomic E-state index is 11.0. The Morgan fingerprint density at radius 2 is 1.79 bits per heavy atom. The van der Waals surface area contributed by atoms with E-state index < -0.39 is 0 Å². The van der Waals surface area contributed by atoms with Crippen LogP contribution in [0.5, 0.6) is 0 Å². The zero-order valence-corrected chi connectivity index (χ0v) is 8.45. The smallest absolute Gasteiger partial charge is 0.159 e. The van der Waals surface area contributed by atoms with Crippen LogP contribution < -0.4 is 0 Å². The predicted molar refractivity (Wildman–Crippen MR) is 57.2 cm³/mol. The van der Waals surface area contributed by atoms with Gasteiger partial charge in [0.15, 0.2) is 5.78 Å². The Balaban J connectivity index is 2.99. The van der Waals surface area contributed by atoms with Crippen molar-refractivity contribution >= 4 is 11.4 Å². The van der Waals surface area contributed by atoms with Crippen molar-refractivity contribution in [3.63, 3.8) is 0 Å². The summed E-state index contributed by atoms with van der Waals surface area (Å²) >= 11 is 0. The molecule has 2 nitrogen and oxygen atoms in total. The van der Waals surface area contributed by atoms with E-state index in [2.05, 4.69) is 0 Å². The molecule has 0 atom stereocenters. The van der Waals surface area contributed by atoms with E-state index in [9.17, 15) is 4.79 Å². The average molecular weight is 190 g/mol. The third kappa shape index (κ3) is 2.30. The molecular weight excluding hydrogens is 176 g/mol. The van der Waals surface area contributed by atoms with Crippen molar-refractivity contribution < 1.29 is 9.90 Å². The van der Waals surface area contributed by atoms with Crippen LogP contribution in [0.2, 0.25) is 0 Å². The van der Waals surface area contributed by atoms with Crippen molar-refractivity contribution in [3.8, 4) is 0 Å². The number of aliphatic hydroxyl groups excluding tert-OH is 1. The number of rotatable bonds is 3. The standard InChI is InChI=1S/C12H14O2/c1-3-10(8-13)12-6-4-11(5-7-12)9(2)14/h3-7,13H,8H2,1-2H3/b10-3-. The summed E-state index contributed by atoms with van der Waals surface area (Å²) in [6.07, 6.45) is 1.86. The Kier molecular flexibility index (Phi) is 3.60. The quantitative estimate of drug-likeness (QED) is 0.742. The van der Waals surface area contributed by atoms with E-state index in [4.69, 9.17) is 5.11 Å². The van der Waals surface area contributed by atoms with E-state index in [0.29, 0.717) is 5.56 Å². The topological polar surface area (TPSA) is 37.3 Å². The average Bonchev–Trinajstić information content (AvgIpc) is 2.20. The van der Waals surface area contributed by atoms with E-state index in [1.165, 1.54) is 6.92 Å². The van der Waals surface area contributed by atoms with Gasteiger partial charge in [0.05, 0.1) is 6.61 Å². The highest BCUT2D eigenvalue weighted by molar-refractivity contribution is 5.94. The molecule has 1 aromatic carbocycles. The second kappa shape index (κ2) is 4.72. The Morgan fingerprint density at radius 3 is 2.14 bits per heavy atom. The van der Waals surface area contributed by atoms with Gasteiger partial charge in [0, 0.05) is 5.56 Å². The number of ketones is 1. The number of hydrogen-bond acceptors (Lipinski definition) is 2. The highest BCUT2D eigenvalue weighted by Gasteiger charge is 2.01. The molecule has 0 saturated carbocycles. The van der Waals surface area contributed by atoms with Gasteiger partial charge in [-0.1, -0.05) is 30.3 Å². The number of hydrogen-bond donors (Lipinski definition) is 1. The summed E-state index contributed by atoms with van der Waals surface area (Å²) in [6, 6.07) is 7.25. The molecule has 0 amide bonds. The fourth-order valence-electron chi connectivity index (χ4n) is 1.27. The summed E-state index contributed by atoms with van der Waals surface area (Å²) in [6.45, 7) is 3.44. The Bertz CT molecular complexity index is 347. The van der Waals surface area contributed by atoms with Crippen molar-refractivity contribution in [2.75, 3.05) is 6.61 Å². The van der Waals surface area contributed by atoms with Crippen molar-refractivity contribution in [1.82, 2.24) is 0 Å². The largest absolute Gasteiger partial charge is 0.392 e. The lowest BCUT2D eigenvalue weighted by atomic mass is 10.0. The third-order valence-electron chi connectivity index (χ3n) is 2.18. The van der Waals surface area contributed by atoms with E-state index >= 15 is 0 Å². The maximum Gasteiger partial charge on any atom is 0.159 e. The molecule has 14 heavy (non-hydrogen) atoms. The molecule has 0 unspecified atom stereocenters. The molecule has 1 rings (SSSR count). The lowest BCUT2D eigenvalue weighted by Gasteiger charge is -2.03. The van der Waals surface area contributed by atoms with Crippen molar-refractivity contribution in [1.29, 1.82) is 0 Å². The second-order valence-electron chi connectivity index (χ2n) is 3.11. The number of Topliss-reactive ketones (excluding diaryl/α,β-unsaturated/α-hetero) is 1. The van der Waals surface area contributed by atoms with E-state index in [0.717, 1.165) is 11.1 Å². The summed E-state index contributed by atoms with van der Waals surface area (Å²) < 4.78 is 0. The lowest BCUT2D eigenvalue weighted by Crippen LogP contribution is -1.94. The first-order valence-electron chi connectivity index (χ1n) is 4.56. The van der Waals surface area contributed by atoms with Crippen LogP contribution in [0.4, 0.5) is 0 Å². The van der Waals surface area contributed by atoms with Crippen molar-refractivity contribution in [2.24, 2.45) is 0 Å². The van der Waals surface area contributed by atoms with Crippen LogP contribution in [0.3, 0.4) is 0 Å². The van der Waals surface area contributed by atoms with E-state index in [-0.39, 0.29) is 12.4 Å². The van der Waals surface area contributed by atoms with Gasteiger partial charge in [-0.2, -0.15) is 0 Å². The van der Waals surface area contributed by atoms with Crippen molar-refractivity contribution in [3.05, 3.63) is 41.5 Å². The summed E-state index contributed by atoms with van der Waals surface area (Å²) in [5.41, 5.74) is 2.53. The van der Waals surface area contributed by atoms with E-state index in [1.54, 1.807) is 12.1 Å². The molecule has 0 aromatic heterocycles. The minimum Gasteiger partial charge on any atom is -0.392 e. The van der Waals surface area contributed by atoms with Crippen LogP contribution in [-0.2, 0) is 0 Å². The minimum absolute atomic E-state index is 0.0237. The summed E-state index contributed by atoms with van der Waals surface area (Å²) in [7, 11) is 0. The third-order valence-corrected chi connectivity index (χ3v) is 2.18. The monoisotopic (exact) mass is 190 g/mol. The zero-order valence-electron chi connectivity index (χ0n) is 8.45. The molecule has 0 aliphatic carbocycles. The van der Waals surface area contributed by atoms with E-state index in [1.807, 2.05) is 25.1 Å². The molecule has 1 N–H and O–H groups in total. The van der Waals surface area contributed by atoms with Gasteiger partial charge in [0.2, 0.25) is 0 Å². The molecule has 1 aromatic rings. The number of aliphatic hydroxyl groups is 1. The van der Waals surface area contributed by atoms with Crippen LogP contribution in [0.15, 0.2) is 30.3 Å². The Morgan fingerprint density at radius 1 is 1.29 bits per heavy atom. The molecule has 0 aliphatic heterocycles. The molecule has 0 aliphatic rings. The van der Waals surface area contributed by atoms with Crippen molar-refractivity contribution in [2.45, 2.75) is 13.8 Å². The zero-order chi connectivity index (χ0) is 10.6. The predicted octanol–water partition coefficient (Wildman–Crippen LogP) is 2.28. The molecule has 0 saturated heterocycles. The maximum absolute atomic E-state index is 11.0. The molecule has 74 valence electrons. The molecule has 2 heteroatoms. The first-order chi connectivity index (χ1) is 6.69. The fraction of sp³-hybridized carbons (Fsp3) is 0.250. The highest BCUT2D eigenvalue weighted by Crippen LogP contribution is 2.14. The Hall–Kier alpha value is -1.41. The van der Waals surface area contributed by atoms with Crippen LogP contribution in [0, 0.1) is 0 Å². The van der Waals surface area contributed by atoms with Gasteiger partial charge >= 0.3 is 0 Å². The summed E-state index contributed by atoms with van der Waals surface area (Å²) in [5, 5.41) is 9.02. The van der Waals surface area contributed by atoms with Gasteiger partial charge in [0.1, 0.15) is 0 Å². The normalized spacial score (nSPS) is 11.5. The molecule has 0 heterocycles. The van der Waals surface area contributed by atoms with Gasteiger partial charge in [-0.25, -0.2) is 0 Å². The van der Waals surface area contributed by atoms with Crippen LogP contribution >= 0.6 is 0 Å². The van der Waals surface area contributed by atoms with Gasteiger partial charge in [-0.05, 0) is 25.0 Å². The number of carbonyl (C=O) groups excluding carboxylic acids is 1. The summed E-state index contributed by atoms with van der Waals surface area (Å²) in [4.78, 5) is 11.0. The number of carbonyl (C=O) groups is 1. The molecule has 0 spiro atoms. The van der Waals surface area contributed by atoms with Gasteiger partial charge < -0.3 is 5.11 Å². The first-order valence-corrected chi connectivity index (χ1v) is 4.56. The molecular formula is C12H14O2. The second-order valence-corrected chi connectivity index (χ2v) is 3.11. The molecule has 0 radical (unpaired) electrons. The highest BCUT2D eigenvalue weighted by atomic mass is 16.3. The molecule has 0 fully saturated rings. The lowest BCUT2D eigenvalue weighted by molar-refractivity contribution is 0.101. The van der Waals surface area contributed by atoms with Crippen LogP contribution in [0.1, 0.15) is 29.8 Å². The number of allylic oxidation sites excluding steroid dienone is 1. The van der Waals surface area contributed by atoms with Crippen LogP contribution in [0.25, 0.3) is 5.57 Å². The summed E-state index contributed by atoms with van der Waals surface area (Å²) in [5.74, 6) is 0.0579. The minimum atomic E-state index is 0.0237. The van der Waals surface area contributed by atoms with Crippen LogP contribution in [-0.4, -0.2) is 17.5 Å². The number of benzene rings is 1. The Labute approximate surface area is 83.9 Å². The van der Waals surface area contributed by atoms with Gasteiger partial charge in [0.25, 0.3) is 0 Å². The van der Waals surface area contributed by atoms with Gasteiger partial charge in [-0.15, -0.1) is 0 Å². The fourth-order valence-corrected chi connectivity index (χ4v) is 1.27. The first kappa shape index (κ1) is 10.7.